The molecule has 0 aliphatic heterocycles. The maximum Gasteiger partial charge on any atom is 0.201 e. The number of rotatable bonds is 6. The fourth-order valence-electron chi connectivity index (χ4n) is 3.98. The van der Waals surface area contributed by atoms with Crippen LogP contribution in [0.25, 0.3) is 11.1 Å². The molecule has 2 aromatic carbocycles. The summed E-state index contributed by atoms with van der Waals surface area (Å²) < 4.78 is 48.7. The van der Waals surface area contributed by atoms with Gasteiger partial charge in [0.2, 0.25) is 5.82 Å². The van der Waals surface area contributed by atoms with Crippen molar-refractivity contribution in [3.8, 4) is 16.9 Å². The average Bonchev–Trinajstić information content (AvgIpc) is 2.70. The summed E-state index contributed by atoms with van der Waals surface area (Å²) in [6.07, 6.45) is 9.24. The van der Waals surface area contributed by atoms with Crippen molar-refractivity contribution < 1.29 is 17.9 Å². The van der Waals surface area contributed by atoms with Crippen LogP contribution >= 0.6 is 0 Å². The van der Waals surface area contributed by atoms with Gasteiger partial charge in [0.15, 0.2) is 11.6 Å². The number of allylic oxidation sites excluding steroid dienone is 2. The van der Waals surface area contributed by atoms with E-state index in [4.69, 9.17) is 4.74 Å². The Labute approximate surface area is 165 Å². The van der Waals surface area contributed by atoms with Crippen LogP contribution in [-0.4, -0.2) is 6.61 Å². The maximum absolute atomic E-state index is 14.8. The van der Waals surface area contributed by atoms with Crippen molar-refractivity contribution in [3.63, 3.8) is 0 Å². The highest BCUT2D eigenvalue weighted by molar-refractivity contribution is 5.66. The summed E-state index contributed by atoms with van der Waals surface area (Å²) in [5.74, 6) is -1.89. The molecule has 150 valence electrons. The predicted molar refractivity (Wildman–Crippen MR) is 107 cm³/mol. The summed E-state index contributed by atoms with van der Waals surface area (Å²) in [6.45, 7) is 4.21. The zero-order valence-corrected chi connectivity index (χ0v) is 16.5. The molecule has 0 unspecified atom stereocenters. The van der Waals surface area contributed by atoms with Crippen LogP contribution in [0.15, 0.2) is 42.5 Å². The normalized spacial score (nSPS) is 19.9. The standard InChI is InChI=1S/C24H27F3O/c1-3-5-16-6-8-17(9-7-16)18-10-11-19(21(25)15-18)20-12-13-22(28-14-4-2)24(27)23(20)26/h3,5,10-13,15-17H,4,6-9,14H2,1-2H3. The smallest absolute Gasteiger partial charge is 0.201 e. The molecule has 0 saturated heterocycles. The van der Waals surface area contributed by atoms with Crippen LogP contribution in [0.4, 0.5) is 13.2 Å². The SMILES string of the molecule is CC=CC1CCC(c2ccc(-c3ccc(OCCC)c(F)c3F)c(F)c2)CC1. The fraction of sp³-hybridized carbons (Fsp3) is 0.417. The lowest BCUT2D eigenvalue weighted by molar-refractivity contribution is 0.295. The number of halogens is 3. The molecule has 3 rings (SSSR count). The first-order valence-electron chi connectivity index (χ1n) is 10.1. The molecule has 1 saturated carbocycles. The molecular formula is C24H27F3O. The molecule has 1 aliphatic carbocycles. The zero-order valence-electron chi connectivity index (χ0n) is 16.5. The summed E-state index contributed by atoms with van der Waals surface area (Å²) in [7, 11) is 0. The molecule has 0 heterocycles. The summed E-state index contributed by atoms with van der Waals surface area (Å²) in [6, 6.07) is 7.63. The second-order valence-electron chi connectivity index (χ2n) is 7.46. The van der Waals surface area contributed by atoms with E-state index < -0.39 is 17.5 Å². The Kier molecular flexibility index (Phi) is 6.82. The molecular weight excluding hydrogens is 361 g/mol. The van der Waals surface area contributed by atoms with Crippen molar-refractivity contribution in [2.45, 2.75) is 51.9 Å². The molecule has 1 nitrogen and oxygen atoms in total. The second kappa shape index (κ2) is 9.31. The van der Waals surface area contributed by atoms with E-state index in [1.165, 1.54) is 18.2 Å². The van der Waals surface area contributed by atoms with Crippen molar-refractivity contribution in [3.05, 3.63) is 65.5 Å². The number of benzene rings is 2. The van der Waals surface area contributed by atoms with Crippen LogP contribution in [0, 0.1) is 23.4 Å². The maximum atomic E-state index is 14.8. The van der Waals surface area contributed by atoms with E-state index >= 15 is 0 Å². The minimum atomic E-state index is -1.08. The molecule has 0 N–H and O–H groups in total. The third-order valence-corrected chi connectivity index (χ3v) is 5.50. The van der Waals surface area contributed by atoms with Crippen LogP contribution in [0.2, 0.25) is 0 Å². The Bertz CT molecular complexity index is 836. The minimum absolute atomic E-state index is 0.0739. The second-order valence-corrected chi connectivity index (χ2v) is 7.46. The van der Waals surface area contributed by atoms with Gasteiger partial charge in [0.05, 0.1) is 6.61 Å². The predicted octanol–water partition coefficient (Wildman–Crippen LogP) is 7.41. The van der Waals surface area contributed by atoms with Gasteiger partial charge in [-0.3, -0.25) is 0 Å². The Balaban J connectivity index is 1.80. The first-order valence-corrected chi connectivity index (χ1v) is 10.1. The molecule has 1 fully saturated rings. The van der Waals surface area contributed by atoms with Crippen LogP contribution in [-0.2, 0) is 0 Å². The van der Waals surface area contributed by atoms with E-state index in [1.54, 1.807) is 6.07 Å². The van der Waals surface area contributed by atoms with E-state index in [0.717, 1.165) is 31.2 Å². The van der Waals surface area contributed by atoms with Crippen molar-refractivity contribution in [2.75, 3.05) is 6.61 Å². The molecule has 0 aromatic heterocycles. The highest BCUT2D eigenvalue weighted by Gasteiger charge is 2.23. The van der Waals surface area contributed by atoms with E-state index in [2.05, 4.69) is 12.2 Å². The quantitative estimate of drug-likeness (QED) is 0.468. The Morgan fingerprint density at radius 1 is 0.964 bits per heavy atom. The van der Waals surface area contributed by atoms with Gasteiger partial charge in [-0.25, -0.2) is 8.78 Å². The van der Waals surface area contributed by atoms with Crippen molar-refractivity contribution in [2.24, 2.45) is 5.92 Å². The van der Waals surface area contributed by atoms with Crippen LogP contribution < -0.4 is 4.74 Å². The first-order chi connectivity index (χ1) is 13.5. The van der Waals surface area contributed by atoms with Gasteiger partial charge in [-0.05, 0) is 74.6 Å². The number of ether oxygens (including phenoxy) is 1. The lowest BCUT2D eigenvalue weighted by atomic mass is 9.78. The van der Waals surface area contributed by atoms with Gasteiger partial charge in [0.25, 0.3) is 0 Å². The minimum Gasteiger partial charge on any atom is -0.490 e. The molecule has 0 amide bonds. The monoisotopic (exact) mass is 388 g/mol. The topological polar surface area (TPSA) is 9.23 Å². The highest BCUT2D eigenvalue weighted by Crippen LogP contribution is 2.38. The average molecular weight is 388 g/mol. The Morgan fingerprint density at radius 3 is 2.32 bits per heavy atom. The van der Waals surface area contributed by atoms with E-state index in [1.807, 2.05) is 19.9 Å². The van der Waals surface area contributed by atoms with Crippen LogP contribution in [0.3, 0.4) is 0 Å². The Morgan fingerprint density at radius 2 is 1.68 bits per heavy atom. The zero-order chi connectivity index (χ0) is 20.1. The van der Waals surface area contributed by atoms with E-state index in [-0.39, 0.29) is 16.9 Å². The van der Waals surface area contributed by atoms with Gasteiger partial charge in [-0.1, -0.05) is 31.2 Å². The van der Waals surface area contributed by atoms with Crippen molar-refractivity contribution >= 4 is 0 Å². The lowest BCUT2D eigenvalue weighted by Gasteiger charge is -2.27. The van der Waals surface area contributed by atoms with Gasteiger partial charge in [-0.2, -0.15) is 4.39 Å². The summed E-state index contributed by atoms with van der Waals surface area (Å²) in [5, 5.41) is 0. The van der Waals surface area contributed by atoms with Crippen molar-refractivity contribution in [1.29, 1.82) is 0 Å². The van der Waals surface area contributed by atoms with Gasteiger partial charge >= 0.3 is 0 Å². The highest BCUT2D eigenvalue weighted by atomic mass is 19.2. The molecule has 0 radical (unpaired) electrons. The van der Waals surface area contributed by atoms with Gasteiger partial charge in [0.1, 0.15) is 5.82 Å². The Hall–Kier alpha value is -2.23. The molecule has 2 aromatic rings. The molecule has 1 aliphatic rings. The molecule has 0 bridgehead atoms. The first kappa shape index (κ1) is 20.5. The number of hydrogen-bond donors (Lipinski definition) is 0. The third kappa shape index (κ3) is 4.43. The van der Waals surface area contributed by atoms with Gasteiger partial charge in [-0.15, -0.1) is 0 Å². The van der Waals surface area contributed by atoms with Crippen LogP contribution in [0.1, 0.15) is 57.4 Å². The van der Waals surface area contributed by atoms with Gasteiger partial charge in [0, 0.05) is 11.1 Å². The van der Waals surface area contributed by atoms with Gasteiger partial charge < -0.3 is 4.74 Å². The van der Waals surface area contributed by atoms with Crippen LogP contribution in [0.5, 0.6) is 5.75 Å². The summed E-state index contributed by atoms with van der Waals surface area (Å²) in [5.41, 5.74) is 0.927. The third-order valence-electron chi connectivity index (χ3n) is 5.50. The largest absolute Gasteiger partial charge is 0.490 e. The fourth-order valence-corrected chi connectivity index (χ4v) is 3.98. The van der Waals surface area contributed by atoms with Crippen molar-refractivity contribution in [1.82, 2.24) is 0 Å². The molecule has 28 heavy (non-hydrogen) atoms. The van der Waals surface area contributed by atoms with E-state index in [9.17, 15) is 13.2 Å². The number of hydrogen-bond acceptors (Lipinski definition) is 1. The molecule has 0 atom stereocenters. The lowest BCUT2D eigenvalue weighted by Crippen LogP contribution is -2.12. The van der Waals surface area contributed by atoms with E-state index in [0.29, 0.717) is 24.9 Å². The molecule has 4 heteroatoms. The summed E-state index contributed by atoms with van der Waals surface area (Å²) >= 11 is 0. The molecule has 0 spiro atoms. The summed E-state index contributed by atoms with van der Waals surface area (Å²) in [4.78, 5) is 0.